The molecule has 1 aliphatic rings. The van der Waals surface area contributed by atoms with Gasteiger partial charge in [0.25, 0.3) is 0 Å². The first-order valence-electron chi connectivity index (χ1n) is 11.1. The zero-order valence-corrected chi connectivity index (χ0v) is 19.0. The van der Waals surface area contributed by atoms with E-state index in [-0.39, 0.29) is 5.91 Å². The van der Waals surface area contributed by atoms with Gasteiger partial charge in [-0.25, -0.2) is 9.97 Å². The van der Waals surface area contributed by atoms with Crippen LogP contribution in [0.5, 0.6) is 0 Å². The summed E-state index contributed by atoms with van der Waals surface area (Å²) in [5.74, 6) is 2.14. The second-order valence-electron chi connectivity index (χ2n) is 8.55. The molecule has 2 heterocycles. The summed E-state index contributed by atoms with van der Waals surface area (Å²) in [5.41, 5.74) is 1.69. The highest BCUT2D eigenvalue weighted by Crippen LogP contribution is 2.31. The van der Waals surface area contributed by atoms with Crippen molar-refractivity contribution < 1.29 is 4.79 Å². The van der Waals surface area contributed by atoms with Crippen LogP contribution in [0.1, 0.15) is 33.1 Å². The van der Waals surface area contributed by atoms with Crippen LogP contribution >= 0.6 is 11.6 Å². The summed E-state index contributed by atoms with van der Waals surface area (Å²) in [7, 11) is 0. The Labute approximate surface area is 189 Å². The van der Waals surface area contributed by atoms with Crippen molar-refractivity contribution >= 4 is 34.2 Å². The summed E-state index contributed by atoms with van der Waals surface area (Å²) < 4.78 is 0. The monoisotopic (exact) mass is 436 g/mol. The first-order valence-corrected chi connectivity index (χ1v) is 11.4. The molecule has 0 spiro atoms. The number of carbonyl (C=O) groups is 1. The fraction of sp³-hybridized carbons (Fsp3) is 0.400. The third-order valence-electron chi connectivity index (χ3n) is 5.64. The molecule has 1 fully saturated rings. The molecule has 1 aliphatic heterocycles. The molecule has 1 saturated heterocycles. The zero-order valence-electron chi connectivity index (χ0n) is 18.2. The van der Waals surface area contributed by atoms with Crippen LogP contribution < -0.4 is 4.90 Å². The summed E-state index contributed by atoms with van der Waals surface area (Å²) in [6, 6.07) is 15.7. The number of hydrogen-bond acceptors (Lipinski definition) is 4. The number of halogens is 1. The minimum atomic E-state index is 0.232. The van der Waals surface area contributed by atoms with E-state index in [0.29, 0.717) is 29.7 Å². The van der Waals surface area contributed by atoms with Crippen LogP contribution in [0.3, 0.4) is 0 Å². The number of rotatable bonds is 7. The van der Waals surface area contributed by atoms with E-state index in [1.165, 1.54) is 0 Å². The SMILES string of the molecule is CC(C)CN(CCC(=O)N1CCCC1)c1nc(-c2ccccc2Cl)nc2ccccc12. The molecule has 6 heteroatoms. The van der Waals surface area contributed by atoms with Gasteiger partial charge in [0.1, 0.15) is 5.82 Å². The van der Waals surface area contributed by atoms with Gasteiger partial charge in [0.15, 0.2) is 5.82 Å². The summed E-state index contributed by atoms with van der Waals surface area (Å²) in [5, 5.41) is 1.62. The van der Waals surface area contributed by atoms with E-state index in [2.05, 4.69) is 24.8 Å². The number of amides is 1. The molecular formula is C25H29ClN4O. The first-order chi connectivity index (χ1) is 15.0. The number of para-hydroxylation sites is 1. The Bertz CT molecular complexity index is 1060. The van der Waals surface area contributed by atoms with Gasteiger partial charge in [-0.05, 0) is 43.0 Å². The summed E-state index contributed by atoms with van der Waals surface area (Å²) in [6.45, 7) is 7.60. The topological polar surface area (TPSA) is 49.3 Å². The molecule has 31 heavy (non-hydrogen) atoms. The van der Waals surface area contributed by atoms with Crippen LogP contribution in [-0.2, 0) is 4.79 Å². The van der Waals surface area contributed by atoms with E-state index < -0.39 is 0 Å². The van der Waals surface area contributed by atoms with Crippen molar-refractivity contribution in [3.63, 3.8) is 0 Å². The van der Waals surface area contributed by atoms with Crippen LogP contribution in [0.25, 0.3) is 22.3 Å². The van der Waals surface area contributed by atoms with Crippen molar-refractivity contribution in [2.45, 2.75) is 33.1 Å². The van der Waals surface area contributed by atoms with Crippen LogP contribution in [0, 0.1) is 5.92 Å². The molecule has 3 aromatic rings. The zero-order chi connectivity index (χ0) is 21.8. The van der Waals surface area contributed by atoms with Gasteiger partial charge in [-0.1, -0.05) is 49.7 Å². The molecule has 0 aliphatic carbocycles. The molecule has 162 valence electrons. The Morgan fingerprint density at radius 2 is 1.77 bits per heavy atom. The standard InChI is InChI=1S/C25H29ClN4O/c1-18(2)17-30(16-13-23(31)29-14-7-8-15-29)25-20-10-4-6-12-22(20)27-24(28-25)19-9-3-5-11-21(19)26/h3-6,9-12,18H,7-8,13-17H2,1-2H3. The van der Waals surface area contributed by atoms with Crippen LogP contribution in [0.4, 0.5) is 5.82 Å². The van der Waals surface area contributed by atoms with E-state index in [0.717, 1.165) is 54.8 Å². The molecule has 2 aromatic carbocycles. The van der Waals surface area contributed by atoms with E-state index in [9.17, 15) is 4.79 Å². The molecule has 1 aromatic heterocycles. The van der Waals surface area contributed by atoms with Crippen LogP contribution in [-0.4, -0.2) is 47.0 Å². The molecule has 5 nitrogen and oxygen atoms in total. The lowest BCUT2D eigenvalue weighted by Crippen LogP contribution is -2.35. The predicted octanol–water partition coefficient (Wildman–Crippen LogP) is 5.43. The van der Waals surface area contributed by atoms with Gasteiger partial charge < -0.3 is 9.80 Å². The summed E-state index contributed by atoms with van der Waals surface area (Å²) >= 11 is 6.46. The van der Waals surface area contributed by atoms with Crippen molar-refractivity contribution in [3.05, 3.63) is 53.6 Å². The molecule has 0 atom stereocenters. The van der Waals surface area contributed by atoms with Gasteiger partial charge >= 0.3 is 0 Å². The first kappa shape index (κ1) is 21.6. The highest BCUT2D eigenvalue weighted by atomic mass is 35.5. The Kier molecular flexibility index (Phi) is 6.71. The van der Waals surface area contributed by atoms with E-state index in [1.807, 2.05) is 47.4 Å². The van der Waals surface area contributed by atoms with Gasteiger partial charge in [-0.15, -0.1) is 0 Å². The number of nitrogens with zero attached hydrogens (tertiary/aromatic N) is 4. The molecular weight excluding hydrogens is 408 g/mol. The van der Waals surface area contributed by atoms with Gasteiger partial charge in [0.2, 0.25) is 5.91 Å². The van der Waals surface area contributed by atoms with E-state index in [4.69, 9.17) is 21.6 Å². The van der Waals surface area contributed by atoms with Gasteiger partial charge in [0, 0.05) is 43.5 Å². The molecule has 4 rings (SSSR count). The van der Waals surface area contributed by atoms with Crippen molar-refractivity contribution in [1.82, 2.24) is 14.9 Å². The maximum absolute atomic E-state index is 12.7. The summed E-state index contributed by atoms with van der Waals surface area (Å²) in [4.78, 5) is 26.7. The highest BCUT2D eigenvalue weighted by molar-refractivity contribution is 6.33. The number of carbonyl (C=O) groups excluding carboxylic acids is 1. The van der Waals surface area contributed by atoms with Crippen LogP contribution in [0.15, 0.2) is 48.5 Å². The van der Waals surface area contributed by atoms with Crippen LogP contribution in [0.2, 0.25) is 5.02 Å². The van der Waals surface area contributed by atoms with E-state index >= 15 is 0 Å². The van der Waals surface area contributed by atoms with Crippen molar-refractivity contribution in [3.8, 4) is 11.4 Å². The Morgan fingerprint density at radius 1 is 1.06 bits per heavy atom. The molecule has 0 unspecified atom stereocenters. The van der Waals surface area contributed by atoms with Gasteiger partial charge in [0.05, 0.1) is 10.5 Å². The lowest BCUT2D eigenvalue weighted by atomic mass is 10.1. The third-order valence-corrected chi connectivity index (χ3v) is 5.97. The Hall–Kier alpha value is -2.66. The number of anilines is 1. The average molecular weight is 437 g/mol. The van der Waals surface area contributed by atoms with Crippen molar-refractivity contribution in [2.24, 2.45) is 5.92 Å². The molecule has 0 radical (unpaired) electrons. The average Bonchev–Trinajstić information content (AvgIpc) is 3.31. The van der Waals surface area contributed by atoms with Gasteiger partial charge in [-0.3, -0.25) is 4.79 Å². The highest BCUT2D eigenvalue weighted by Gasteiger charge is 2.21. The lowest BCUT2D eigenvalue weighted by Gasteiger charge is -2.28. The lowest BCUT2D eigenvalue weighted by molar-refractivity contribution is -0.129. The Balaban J connectivity index is 1.72. The minimum Gasteiger partial charge on any atom is -0.355 e. The largest absolute Gasteiger partial charge is 0.355 e. The van der Waals surface area contributed by atoms with Gasteiger partial charge in [-0.2, -0.15) is 0 Å². The fourth-order valence-electron chi connectivity index (χ4n) is 4.14. The maximum Gasteiger partial charge on any atom is 0.224 e. The van der Waals surface area contributed by atoms with E-state index in [1.54, 1.807) is 0 Å². The fourth-order valence-corrected chi connectivity index (χ4v) is 4.36. The number of aromatic nitrogens is 2. The predicted molar refractivity (Wildman–Crippen MR) is 127 cm³/mol. The quantitative estimate of drug-likeness (QED) is 0.495. The molecule has 0 saturated carbocycles. The van der Waals surface area contributed by atoms with Crippen molar-refractivity contribution in [1.29, 1.82) is 0 Å². The second kappa shape index (κ2) is 9.65. The minimum absolute atomic E-state index is 0.232. The normalized spacial score (nSPS) is 13.9. The van der Waals surface area contributed by atoms with Crippen molar-refractivity contribution in [2.75, 3.05) is 31.1 Å². The number of benzene rings is 2. The second-order valence-corrected chi connectivity index (χ2v) is 8.95. The molecule has 0 N–H and O–H groups in total. The molecule has 1 amide bonds. The smallest absolute Gasteiger partial charge is 0.224 e. The number of fused-ring (bicyclic) bond motifs is 1. The Morgan fingerprint density at radius 3 is 2.52 bits per heavy atom. The third kappa shape index (κ3) is 4.99. The summed E-state index contributed by atoms with van der Waals surface area (Å²) in [6.07, 6.45) is 2.71. The molecule has 0 bridgehead atoms. The number of hydrogen-bond donors (Lipinski definition) is 0. The maximum atomic E-state index is 12.7. The number of likely N-dealkylation sites (tertiary alicyclic amines) is 1.